The Morgan fingerprint density at radius 1 is 1.07 bits per heavy atom. The van der Waals surface area contributed by atoms with Gasteiger partial charge in [-0.1, -0.05) is 0 Å². The van der Waals surface area contributed by atoms with Crippen molar-refractivity contribution in [2.75, 3.05) is 31.0 Å². The molecule has 0 aliphatic heterocycles. The molecule has 1 amide bonds. The maximum Gasteiger partial charge on any atom is 0.276 e. The molecular formula is C19H19N5O4S. The van der Waals surface area contributed by atoms with Gasteiger partial charge in [-0.05, 0) is 36.4 Å². The summed E-state index contributed by atoms with van der Waals surface area (Å²) < 4.78 is 28.4. The zero-order chi connectivity index (χ0) is 21.0. The molecule has 0 radical (unpaired) electrons. The number of anilines is 2. The van der Waals surface area contributed by atoms with Crippen LogP contribution in [0.2, 0.25) is 0 Å². The number of sulfone groups is 1. The average molecular weight is 413 g/mol. The van der Waals surface area contributed by atoms with Crippen molar-refractivity contribution in [3.05, 3.63) is 54.5 Å². The molecule has 0 saturated carbocycles. The molecule has 150 valence electrons. The van der Waals surface area contributed by atoms with Crippen molar-refractivity contribution in [1.82, 2.24) is 15.0 Å². The van der Waals surface area contributed by atoms with Crippen LogP contribution >= 0.6 is 0 Å². The lowest BCUT2D eigenvalue weighted by atomic mass is 10.2. The molecule has 9 nitrogen and oxygen atoms in total. The van der Waals surface area contributed by atoms with Gasteiger partial charge < -0.3 is 15.4 Å². The first-order valence-corrected chi connectivity index (χ1v) is 10.4. The van der Waals surface area contributed by atoms with Crippen LogP contribution in [0, 0.1) is 0 Å². The van der Waals surface area contributed by atoms with Gasteiger partial charge in [0.2, 0.25) is 5.88 Å². The Labute approximate surface area is 168 Å². The minimum Gasteiger partial charge on any atom is -0.479 e. The zero-order valence-corrected chi connectivity index (χ0v) is 16.8. The highest BCUT2D eigenvalue weighted by Gasteiger charge is 2.18. The van der Waals surface area contributed by atoms with Gasteiger partial charge in [0.05, 0.1) is 23.9 Å². The molecule has 1 aromatic carbocycles. The summed E-state index contributed by atoms with van der Waals surface area (Å²) in [5.41, 5.74) is 2.15. The summed E-state index contributed by atoms with van der Waals surface area (Å²) in [6.07, 6.45) is 4.06. The number of hydrogen-bond donors (Lipinski definition) is 2. The highest BCUT2D eigenvalue weighted by Crippen LogP contribution is 2.29. The fourth-order valence-corrected chi connectivity index (χ4v) is 3.19. The molecule has 2 aromatic heterocycles. The molecule has 0 spiro atoms. The van der Waals surface area contributed by atoms with E-state index in [2.05, 4.69) is 25.6 Å². The Bertz CT molecular complexity index is 1150. The lowest BCUT2D eigenvalue weighted by Gasteiger charge is -2.11. The van der Waals surface area contributed by atoms with Gasteiger partial charge in [0, 0.05) is 25.2 Å². The smallest absolute Gasteiger partial charge is 0.276 e. The van der Waals surface area contributed by atoms with Crippen molar-refractivity contribution in [2.24, 2.45) is 0 Å². The number of benzene rings is 1. The van der Waals surface area contributed by atoms with Crippen molar-refractivity contribution >= 4 is 27.1 Å². The number of nitrogens with zero attached hydrogens (tertiary/aromatic N) is 3. The molecule has 3 rings (SSSR count). The number of ether oxygens (including phenoxy) is 1. The van der Waals surface area contributed by atoms with E-state index < -0.39 is 15.7 Å². The number of nitrogens with one attached hydrogen (secondary N) is 2. The lowest BCUT2D eigenvalue weighted by molar-refractivity contribution is 0.102. The quantitative estimate of drug-likeness (QED) is 0.631. The van der Waals surface area contributed by atoms with Gasteiger partial charge in [-0.25, -0.2) is 18.4 Å². The second-order valence-electron chi connectivity index (χ2n) is 6.01. The molecule has 0 bridgehead atoms. The summed E-state index contributed by atoms with van der Waals surface area (Å²) in [5.74, 6) is -0.357. The van der Waals surface area contributed by atoms with Crippen LogP contribution < -0.4 is 15.4 Å². The number of methoxy groups -OCH3 is 1. The van der Waals surface area contributed by atoms with Crippen molar-refractivity contribution in [3.8, 4) is 17.3 Å². The fraction of sp³-hybridized carbons (Fsp3) is 0.158. The first-order chi connectivity index (χ1) is 13.8. The Balaban J connectivity index is 1.87. The average Bonchev–Trinajstić information content (AvgIpc) is 2.73. The molecule has 0 saturated heterocycles. The topological polar surface area (TPSA) is 123 Å². The molecule has 0 aliphatic rings. The Hall–Kier alpha value is -3.53. The van der Waals surface area contributed by atoms with Gasteiger partial charge in [-0.15, -0.1) is 0 Å². The van der Waals surface area contributed by atoms with Crippen LogP contribution in [0.15, 0.2) is 53.7 Å². The van der Waals surface area contributed by atoms with E-state index in [9.17, 15) is 13.2 Å². The van der Waals surface area contributed by atoms with Gasteiger partial charge in [-0.3, -0.25) is 9.78 Å². The second kappa shape index (κ2) is 8.23. The molecule has 10 heteroatoms. The van der Waals surface area contributed by atoms with Crippen LogP contribution in [-0.2, 0) is 9.84 Å². The second-order valence-corrected chi connectivity index (χ2v) is 8.03. The highest BCUT2D eigenvalue weighted by atomic mass is 32.2. The van der Waals surface area contributed by atoms with Gasteiger partial charge in [0.15, 0.2) is 21.2 Å². The van der Waals surface area contributed by atoms with E-state index in [1.807, 2.05) is 6.07 Å². The normalized spacial score (nSPS) is 11.0. The standard InChI is InChI=1S/C19H19N5O4S/c1-20-14-5-4-10-21-16(14)17-19(28-2)24-15(11-22-17)18(25)23-12-6-8-13(9-7-12)29(3,26)27/h4-11,20H,1-3H3,(H,23,25). The number of rotatable bonds is 6. The number of hydrogen-bond acceptors (Lipinski definition) is 8. The van der Waals surface area contributed by atoms with E-state index in [4.69, 9.17) is 4.74 Å². The molecule has 2 N–H and O–H groups in total. The number of amides is 1. The molecule has 2 heterocycles. The number of carbonyl (C=O) groups excluding carboxylic acids is 1. The van der Waals surface area contributed by atoms with Crippen molar-refractivity contribution < 1.29 is 17.9 Å². The molecule has 3 aromatic rings. The van der Waals surface area contributed by atoms with Gasteiger partial charge in [0.25, 0.3) is 5.91 Å². The van der Waals surface area contributed by atoms with E-state index >= 15 is 0 Å². The van der Waals surface area contributed by atoms with Crippen LogP contribution in [0.25, 0.3) is 11.4 Å². The molecule has 0 fully saturated rings. The van der Waals surface area contributed by atoms with E-state index in [0.29, 0.717) is 17.1 Å². The van der Waals surface area contributed by atoms with Crippen molar-refractivity contribution in [2.45, 2.75) is 4.90 Å². The minimum absolute atomic E-state index is 0.0414. The summed E-state index contributed by atoms with van der Waals surface area (Å²) in [5, 5.41) is 5.67. The summed E-state index contributed by atoms with van der Waals surface area (Å²) in [6, 6.07) is 9.46. The van der Waals surface area contributed by atoms with Crippen molar-refractivity contribution in [3.63, 3.8) is 0 Å². The van der Waals surface area contributed by atoms with Crippen molar-refractivity contribution in [1.29, 1.82) is 0 Å². The van der Waals surface area contributed by atoms with Gasteiger partial charge >= 0.3 is 0 Å². The Morgan fingerprint density at radius 2 is 1.79 bits per heavy atom. The zero-order valence-electron chi connectivity index (χ0n) is 16.0. The van der Waals surface area contributed by atoms with Crippen LogP contribution in [0.5, 0.6) is 5.88 Å². The number of carbonyl (C=O) groups is 1. The minimum atomic E-state index is -3.31. The first-order valence-electron chi connectivity index (χ1n) is 8.49. The Morgan fingerprint density at radius 3 is 2.41 bits per heavy atom. The molecule has 0 aliphatic carbocycles. The van der Waals surface area contributed by atoms with Gasteiger partial charge in [-0.2, -0.15) is 0 Å². The number of pyridine rings is 1. The van der Waals surface area contributed by atoms with Crippen LogP contribution in [0.4, 0.5) is 11.4 Å². The van der Waals surface area contributed by atoms with E-state index in [-0.39, 0.29) is 16.5 Å². The predicted molar refractivity (Wildman–Crippen MR) is 109 cm³/mol. The molecular weight excluding hydrogens is 394 g/mol. The highest BCUT2D eigenvalue weighted by molar-refractivity contribution is 7.90. The van der Waals surface area contributed by atoms with Crippen LogP contribution in [0.1, 0.15) is 10.5 Å². The summed E-state index contributed by atoms with van der Waals surface area (Å²) >= 11 is 0. The summed E-state index contributed by atoms with van der Waals surface area (Å²) in [7, 11) is -0.116. The van der Waals surface area contributed by atoms with E-state index in [0.717, 1.165) is 11.9 Å². The van der Waals surface area contributed by atoms with E-state index in [1.54, 1.807) is 19.3 Å². The molecule has 0 atom stereocenters. The largest absolute Gasteiger partial charge is 0.479 e. The lowest BCUT2D eigenvalue weighted by Crippen LogP contribution is -2.15. The number of aromatic nitrogens is 3. The van der Waals surface area contributed by atoms with Crippen LogP contribution in [-0.4, -0.2) is 49.7 Å². The van der Waals surface area contributed by atoms with Crippen LogP contribution in [0.3, 0.4) is 0 Å². The predicted octanol–water partition coefficient (Wildman–Crippen LogP) is 2.24. The monoisotopic (exact) mass is 413 g/mol. The summed E-state index contributed by atoms with van der Waals surface area (Å²) in [4.78, 5) is 25.5. The molecule has 0 unspecified atom stereocenters. The van der Waals surface area contributed by atoms with Gasteiger partial charge in [0.1, 0.15) is 5.69 Å². The molecule has 29 heavy (non-hydrogen) atoms. The summed E-state index contributed by atoms with van der Waals surface area (Å²) in [6.45, 7) is 0. The maximum absolute atomic E-state index is 12.5. The Kier molecular flexibility index (Phi) is 5.74. The third-order valence-corrected chi connectivity index (χ3v) is 5.14. The maximum atomic E-state index is 12.5. The fourth-order valence-electron chi connectivity index (χ4n) is 2.56. The first kappa shape index (κ1) is 20.2. The SMILES string of the molecule is CNc1cccnc1-c1ncc(C(=O)Nc2ccc(S(C)(=O)=O)cc2)nc1OC. The van der Waals surface area contributed by atoms with E-state index in [1.165, 1.54) is 37.6 Å². The third-order valence-electron chi connectivity index (χ3n) is 4.01. The third kappa shape index (κ3) is 4.49.